The van der Waals surface area contributed by atoms with Crippen molar-refractivity contribution in [1.82, 2.24) is 4.98 Å². The van der Waals surface area contributed by atoms with Gasteiger partial charge >= 0.3 is 0 Å². The first-order valence-electron chi connectivity index (χ1n) is 4.86. The number of aromatic nitrogens is 1. The maximum Gasteiger partial charge on any atom is 0.242 e. The van der Waals surface area contributed by atoms with E-state index in [4.69, 9.17) is 4.74 Å². The molecule has 2 rings (SSSR count). The van der Waals surface area contributed by atoms with Crippen LogP contribution in [-0.2, 0) is 0 Å². The van der Waals surface area contributed by atoms with Gasteiger partial charge in [0.25, 0.3) is 0 Å². The second-order valence-corrected chi connectivity index (χ2v) is 4.30. The van der Waals surface area contributed by atoms with Gasteiger partial charge in [0.1, 0.15) is 5.75 Å². The van der Waals surface area contributed by atoms with E-state index in [1.807, 2.05) is 43.4 Å². The standard InChI is InChI=1S/C12H11IN2O/c1-14-10-6-4-8-15-12(10)16-11-7-3-2-5-9(11)13/h2-8,14H,1H3. The van der Waals surface area contributed by atoms with Gasteiger partial charge in [0.15, 0.2) is 0 Å². The minimum Gasteiger partial charge on any atom is -0.436 e. The molecule has 16 heavy (non-hydrogen) atoms. The van der Waals surface area contributed by atoms with Crippen LogP contribution in [0.5, 0.6) is 11.6 Å². The monoisotopic (exact) mass is 326 g/mol. The number of nitrogens with one attached hydrogen (secondary N) is 1. The SMILES string of the molecule is CNc1cccnc1Oc1ccccc1I. The number of ether oxygens (including phenoxy) is 1. The van der Waals surface area contributed by atoms with Gasteiger partial charge in [-0.25, -0.2) is 4.98 Å². The van der Waals surface area contributed by atoms with Gasteiger partial charge in [-0.2, -0.15) is 0 Å². The van der Waals surface area contributed by atoms with Crippen LogP contribution in [-0.4, -0.2) is 12.0 Å². The number of anilines is 1. The summed E-state index contributed by atoms with van der Waals surface area (Å²) in [6.07, 6.45) is 1.71. The Morgan fingerprint density at radius 3 is 2.75 bits per heavy atom. The summed E-state index contributed by atoms with van der Waals surface area (Å²) in [5.74, 6) is 1.41. The number of benzene rings is 1. The number of rotatable bonds is 3. The lowest BCUT2D eigenvalue weighted by atomic mass is 10.3. The van der Waals surface area contributed by atoms with Crippen LogP contribution in [0.15, 0.2) is 42.6 Å². The highest BCUT2D eigenvalue weighted by atomic mass is 127. The quantitative estimate of drug-likeness (QED) is 0.877. The Labute approximate surface area is 108 Å². The van der Waals surface area contributed by atoms with Crippen molar-refractivity contribution in [2.45, 2.75) is 0 Å². The predicted octanol–water partition coefficient (Wildman–Crippen LogP) is 3.52. The zero-order chi connectivity index (χ0) is 11.4. The molecule has 1 N–H and O–H groups in total. The lowest BCUT2D eigenvalue weighted by Crippen LogP contribution is -1.96. The normalized spacial score (nSPS) is 9.88. The third kappa shape index (κ3) is 2.44. The molecule has 0 amide bonds. The molecular weight excluding hydrogens is 315 g/mol. The third-order valence-electron chi connectivity index (χ3n) is 2.08. The van der Waals surface area contributed by atoms with Crippen LogP contribution in [0.25, 0.3) is 0 Å². The topological polar surface area (TPSA) is 34.2 Å². The van der Waals surface area contributed by atoms with Gasteiger partial charge in [0.05, 0.1) is 9.26 Å². The molecule has 0 unspecified atom stereocenters. The average molecular weight is 326 g/mol. The van der Waals surface area contributed by atoms with Crippen molar-refractivity contribution < 1.29 is 4.74 Å². The van der Waals surface area contributed by atoms with Crippen LogP contribution in [0.2, 0.25) is 0 Å². The maximum absolute atomic E-state index is 5.75. The Bertz CT molecular complexity index is 488. The molecule has 0 saturated carbocycles. The van der Waals surface area contributed by atoms with E-state index in [1.54, 1.807) is 6.20 Å². The van der Waals surface area contributed by atoms with E-state index in [-0.39, 0.29) is 0 Å². The molecule has 82 valence electrons. The number of hydrogen-bond acceptors (Lipinski definition) is 3. The van der Waals surface area contributed by atoms with Crippen molar-refractivity contribution in [1.29, 1.82) is 0 Å². The second kappa shape index (κ2) is 5.16. The van der Waals surface area contributed by atoms with Crippen molar-refractivity contribution in [2.75, 3.05) is 12.4 Å². The van der Waals surface area contributed by atoms with Crippen molar-refractivity contribution in [3.63, 3.8) is 0 Å². The smallest absolute Gasteiger partial charge is 0.242 e. The molecule has 0 atom stereocenters. The zero-order valence-corrected chi connectivity index (χ0v) is 10.9. The molecule has 2 aromatic rings. The Balaban J connectivity index is 2.30. The number of pyridine rings is 1. The van der Waals surface area contributed by atoms with Crippen LogP contribution in [0.3, 0.4) is 0 Å². The Kier molecular flexibility index (Phi) is 3.61. The van der Waals surface area contributed by atoms with E-state index in [0.29, 0.717) is 5.88 Å². The molecule has 1 heterocycles. The molecule has 0 fully saturated rings. The van der Waals surface area contributed by atoms with E-state index < -0.39 is 0 Å². The number of halogens is 1. The molecule has 0 bridgehead atoms. The molecule has 1 aromatic heterocycles. The maximum atomic E-state index is 5.75. The van der Waals surface area contributed by atoms with Crippen molar-refractivity contribution in [3.8, 4) is 11.6 Å². The van der Waals surface area contributed by atoms with E-state index >= 15 is 0 Å². The van der Waals surface area contributed by atoms with Gasteiger partial charge in [-0.05, 0) is 46.9 Å². The van der Waals surface area contributed by atoms with Crippen LogP contribution >= 0.6 is 22.6 Å². The summed E-state index contributed by atoms with van der Waals surface area (Å²) in [5.41, 5.74) is 0.877. The molecule has 0 spiro atoms. The fraction of sp³-hybridized carbons (Fsp3) is 0.0833. The fourth-order valence-corrected chi connectivity index (χ4v) is 1.79. The molecule has 0 aliphatic carbocycles. The predicted molar refractivity (Wildman–Crippen MR) is 73.0 cm³/mol. The fourth-order valence-electron chi connectivity index (χ4n) is 1.29. The molecule has 4 heteroatoms. The average Bonchev–Trinajstić information content (AvgIpc) is 2.33. The van der Waals surface area contributed by atoms with Crippen molar-refractivity contribution in [3.05, 3.63) is 46.2 Å². The molecule has 1 aromatic carbocycles. The lowest BCUT2D eigenvalue weighted by molar-refractivity contribution is 0.462. The summed E-state index contributed by atoms with van der Waals surface area (Å²) in [6, 6.07) is 11.6. The molecule has 0 aliphatic rings. The van der Waals surface area contributed by atoms with Crippen LogP contribution in [0, 0.1) is 3.57 Å². The van der Waals surface area contributed by atoms with Gasteiger partial charge in [0.2, 0.25) is 5.88 Å². The van der Waals surface area contributed by atoms with E-state index in [9.17, 15) is 0 Å². The second-order valence-electron chi connectivity index (χ2n) is 3.14. The summed E-state index contributed by atoms with van der Waals surface area (Å²) in [5, 5.41) is 3.05. The van der Waals surface area contributed by atoms with Gasteiger partial charge in [-0.15, -0.1) is 0 Å². The highest BCUT2D eigenvalue weighted by Crippen LogP contribution is 2.29. The first-order valence-corrected chi connectivity index (χ1v) is 5.94. The van der Waals surface area contributed by atoms with Gasteiger partial charge in [0, 0.05) is 13.2 Å². The van der Waals surface area contributed by atoms with Crippen LogP contribution in [0.1, 0.15) is 0 Å². The first-order chi connectivity index (χ1) is 7.81. The molecule has 3 nitrogen and oxygen atoms in total. The van der Waals surface area contributed by atoms with Crippen LogP contribution < -0.4 is 10.1 Å². The highest BCUT2D eigenvalue weighted by molar-refractivity contribution is 14.1. The Hall–Kier alpha value is -1.30. The largest absolute Gasteiger partial charge is 0.436 e. The van der Waals surface area contributed by atoms with Crippen LogP contribution in [0.4, 0.5) is 5.69 Å². The summed E-state index contributed by atoms with van der Waals surface area (Å²) in [6.45, 7) is 0. The van der Waals surface area contributed by atoms with Crippen molar-refractivity contribution in [2.24, 2.45) is 0 Å². The molecule has 0 radical (unpaired) electrons. The summed E-state index contributed by atoms with van der Waals surface area (Å²) in [4.78, 5) is 4.20. The minimum absolute atomic E-state index is 0.592. The minimum atomic E-state index is 0.592. The summed E-state index contributed by atoms with van der Waals surface area (Å²) >= 11 is 2.24. The lowest BCUT2D eigenvalue weighted by Gasteiger charge is -2.10. The number of hydrogen-bond donors (Lipinski definition) is 1. The van der Waals surface area contributed by atoms with Gasteiger partial charge in [-0.3, -0.25) is 0 Å². The number of nitrogens with zero attached hydrogens (tertiary/aromatic N) is 1. The number of para-hydroxylation sites is 1. The van der Waals surface area contributed by atoms with Gasteiger partial charge < -0.3 is 10.1 Å². The van der Waals surface area contributed by atoms with E-state index in [1.165, 1.54) is 0 Å². The van der Waals surface area contributed by atoms with E-state index in [0.717, 1.165) is 15.0 Å². The molecule has 0 saturated heterocycles. The molecular formula is C12H11IN2O. The van der Waals surface area contributed by atoms with Crippen molar-refractivity contribution >= 4 is 28.3 Å². The highest BCUT2D eigenvalue weighted by Gasteiger charge is 2.06. The summed E-state index contributed by atoms with van der Waals surface area (Å²) in [7, 11) is 1.85. The Morgan fingerprint density at radius 1 is 1.19 bits per heavy atom. The Morgan fingerprint density at radius 2 is 2.00 bits per heavy atom. The van der Waals surface area contributed by atoms with E-state index in [2.05, 4.69) is 32.9 Å². The summed E-state index contributed by atoms with van der Waals surface area (Å²) < 4.78 is 6.81. The molecule has 0 aliphatic heterocycles. The first kappa shape index (κ1) is 11.2. The van der Waals surface area contributed by atoms with Gasteiger partial charge in [-0.1, -0.05) is 12.1 Å². The zero-order valence-electron chi connectivity index (χ0n) is 8.77. The third-order valence-corrected chi connectivity index (χ3v) is 2.97.